The molecule has 0 aromatic rings. The second-order valence-electron chi connectivity index (χ2n) is 4.36. The van der Waals surface area contributed by atoms with Crippen LogP contribution in [0.25, 0.3) is 0 Å². The summed E-state index contributed by atoms with van der Waals surface area (Å²) < 4.78 is 0. The van der Waals surface area contributed by atoms with Gasteiger partial charge in [0.05, 0.1) is 6.10 Å². The van der Waals surface area contributed by atoms with Crippen molar-refractivity contribution in [3.8, 4) is 0 Å². The summed E-state index contributed by atoms with van der Waals surface area (Å²) in [6.07, 6.45) is 6.63. The third-order valence-corrected chi connectivity index (χ3v) is 3.10. The van der Waals surface area contributed by atoms with Crippen LogP contribution < -0.4 is 0 Å². The number of aliphatic hydroxyl groups excluding tert-OH is 1. The summed E-state index contributed by atoms with van der Waals surface area (Å²) in [5.41, 5.74) is 1.54. The predicted octanol–water partition coefficient (Wildman–Crippen LogP) is 3.14. The van der Waals surface area contributed by atoms with E-state index in [0.717, 1.165) is 18.8 Å². The van der Waals surface area contributed by atoms with Gasteiger partial charge >= 0.3 is 0 Å². The Morgan fingerprint density at radius 2 is 2.23 bits per heavy atom. The first kappa shape index (κ1) is 10.8. The fraction of sp³-hybridized carbons (Fsp3) is 0.833. The van der Waals surface area contributed by atoms with Crippen LogP contribution in [0, 0.1) is 11.8 Å². The first-order valence-corrected chi connectivity index (χ1v) is 5.55. The van der Waals surface area contributed by atoms with Gasteiger partial charge < -0.3 is 5.11 Å². The van der Waals surface area contributed by atoms with Crippen LogP contribution in [0.4, 0.5) is 0 Å². The highest BCUT2D eigenvalue weighted by molar-refractivity contribution is 5.10. The van der Waals surface area contributed by atoms with Crippen molar-refractivity contribution in [2.45, 2.75) is 52.6 Å². The monoisotopic (exact) mass is 182 g/mol. The predicted molar refractivity (Wildman–Crippen MR) is 56.6 cm³/mol. The molecule has 0 bridgehead atoms. The molecule has 1 aliphatic rings. The Labute approximate surface area is 81.9 Å². The number of hydrogen-bond acceptors (Lipinski definition) is 1. The molecular weight excluding hydrogens is 160 g/mol. The summed E-state index contributed by atoms with van der Waals surface area (Å²) in [5, 5.41) is 9.77. The second kappa shape index (κ2) is 4.80. The smallest absolute Gasteiger partial charge is 0.0600 e. The van der Waals surface area contributed by atoms with Crippen molar-refractivity contribution in [1.29, 1.82) is 0 Å². The normalized spacial score (nSPS) is 31.2. The van der Waals surface area contributed by atoms with Crippen molar-refractivity contribution >= 4 is 0 Å². The van der Waals surface area contributed by atoms with Gasteiger partial charge in [-0.05, 0) is 31.6 Å². The minimum atomic E-state index is -0.121. The quantitative estimate of drug-likeness (QED) is 0.665. The molecular formula is C12H22O. The van der Waals surface area contributed by atoms with Gasteiger partial charge in [0, 0.05) is 5.92 Å². The van der Waals surface area contributed by atoms with Crippen LogP contribution in [0.2, 0.25) is 0 Å². The zero-order valence-corrected chi connectivity index (χ0v) is 9.09. The molecule has 0 aromatic carbocycles. The average molecular weight is 182 g/mol. The lowest BCUT2D eigenvalue weighted by molar-refractivity contribution is 0.109. The molecule has 0 amide bonds. The highest BCUT2D eigenvalue weighted by Crippen LogP contribution is 2.31. The van der Waals surface area contributed by atoms with E-state index in [1.165, 1.54) is 18.4 Å². The van der Waals surface area contributed by atoms with Gasteiger partial charge in [-0.25, -0.2) is 0 Å². The summed E-state index contributed by atoms with van der Waals surface area (Å²) in [6.45, 7) is 6.56. The van der Waals surface area contributed by atoms with Crippen LogP contribution in [-0.2, 0) is 0 Å². The van der Waals surface area contributed by atoms with E-state index in [9.17, 15) is 5.11 Å². The van der Waals surface area contributed by atoms with Crippen LogP contribution >= 0.6 is 0 Å². The first-order chi connectivity index (χ1) is 6.17. The van der Waals surface area contributed by atoms with Crippen LogP contribution in [-0.4, -0.2) is 11.2 Å². The van der Waals surface area contributed by atoms with Gasteiger partial charge in [0.25, 0.3) is 0 Å². The molecule has 0 fully saturated rings. The molecule has 0 aromatic heterocycles. The number of aliphatic hydroxyl groups is 1. The van der Waals surface area contributed by atoms with Gasteiger partial charge in [0.1, 0.15) is 0 Å². The van der Waals surface area contributed by atoms with Crippen molar-refractivity contribution in [2.75, 3.05) is 0 Å². The Balaban J connectivity index is 2.64. The number of hydrogen-bond donors (Lipinski definition) is 1. The molecule has 1 rings (SSSR count). The Morgan fingerprint density at radius 1 is 1.54 bits per heavy atom. The van der Waals surface area contributed by atoms with Gasteiger partial charge in [-0.1, -0.05) is 32.4 Å². The molecule has 0 radical (unpaired) electrons. The molecule has 0 aliphatic heterocycles. The van der Waals surface area contributed by atoms with Crippen molar-refractivity contribution in [3.05, 3.63) is 11.6 Å². The maximum absolute atomic E-state index is 9.77. The molecule has 3 atom stereocenters. The van der Waals surface area contributed by atoms with Crippen molar-refractivity contribution in [3.63, 3.8) is 0 Å². The van der Waals surface area contributed by atoms with E-state index in [0.29, 0.717) is 5.92 Å². The van der Waals surface area contributed by atoms with E-state index >= 15 is 0 Å². The topological polar surface area (TPSA) is 20.2 Å². The van der Waals surface area contributed by atoms with E-state index < -0.39 is 0 Å². The van der Waals surface area contributed by atoms with E-state index in [-0.39, 0.29) is 6.10 Å². The Hall–Kier alpha value is -0.300. The third-order valence-electron chi connectivity index (χ3n) is 3.10. The van der Waals surface area contributed by atoms with Gasteiger partial charge in [-0.3, -0.25) is 0 Å². The Bertz CT molecular complexity index is 184. The second-order valence-corrected chi connectivity index (χ2v) is 4.36. The molecule has 1 N–H and O–H groups in total. The highest BCUT2D eigenvalue weighted by Gasteiger charge is 2.23. The van der Waals surface area contributed by atoms with E-state index in [2.05, 4.69) is 26.8 Å². The van der Waals surface area contributed by atoms with Crippen molar-refractivity contribution in [1.82, 2.24) is 0 Å². The van der Waals surface area contributed by atoms with Crippen LogP contribution in [0.5, 0.6) is 0 Å². The SMILES string of the molecule is CCC1=CC(C(O)CC)CC(C)C1. The molecule has 13 heavy (non-hydrogen) atoms. The summed E-state index contributed by atoms with van der Waals surface area (Å²) in [7, 11) is 0. The van der Waals surface area contributed by atoms with Crippen molar-refractivity contribution < 1.29 is 5.11 Å². The van der Waals surface area contributed by atoms with Crippen molar-refractivity contribution in [2.24, 2.45) is 11.8 Å². The molecule has 1 aliphatic carbocycles. The van der Waals surface area contributed by atoms with Crippen LogP contribution in [0.1, 0.15) is 46.5 Å². The lowest BCUT2D eigenvalue weighted by Gasteiger charge is -2.28. The van der Waals surface area contributed by atoms with Crippen LogP contribution in [0.3, 0.4) is 0 Å². The van der Waals surface area contributed by atoms with Gasteiger partial charge in [-0.2, -0.15) is 0 Å². The third kappa shape index (κ3) is 2.84. The molecule has 3 unspecified atom stereocenters. The van der Waals surface area contributed by atoms with Gasteiger partial charge in [-0.15, -0.1) is 0 Å². The maximum Gasteiger partial charge on any atom is 0.0600 e. The van der Waals surface area contributed by atoms with E-state index in [4.69, 9.17) is 0 Å². The molecule has 0 saturated carbocycles. The van der Waals surface area contributed by atoms with Crippen LogP contribution in [0.15, 0.2) is 11.6 Å². The molecule has 0 saturated heterocycles. The number of rotatable bonds is 3. The number of allylic oxidation sites excluding steroid dienone is 1. The lowest BCUT2D eigenvalue weighted by Crippen LogP contribution is -2.23. The van der Waals surface area contributed by atoms with E-state index in [1.54, 1.807) is 0 Å². The molecule has 76 valence electrons. The fourth-order valence-corrected chi connectivity index (χ4v) is 2.27. The zero-order chi connectivity index (χ0) is 9.84. The minimum absolute atomic E-state index is 0.121. The molecule has 0 heterocycles. The summed E-state index contributed by atoms with van der Waals surface area (Å²) in [4.78, 5) is 0. The Morgan fingerprint density at radius 3 is 2.77 bits per heavy atom. The summed E-state index contributed by atoms with van der Waals surface area (Å²) in [6, 6.07) is 0. The molecule has 1 nitrogen and oxygen atoms in total. The highest BCUT2D eigenvalue weighted by atomic mass is 16.3. The summed E-state index contributed by atoms with van der Waals surface area (Å²) in [5.74, 6) is 1.18. The average Bonchev–Trinajstić information content (AvgIpc) is 2.15. The van der Waals surface area contributed by atoms with E-state index in [1.807, 2.05) is 0 Å². The largest absolute Gasteiger partial charge is 0.393 e. The van der Waals surface area contributed by atoms with Gasteiger partial charge in [0.15, 0.2) is 0 Å². The first-order valence-electron chi connectivity index (χ1n) is 5.55. The summed E-state index contributed by atoms with van der Waals surface area (Å²) >= 11 is 0. The molecule has 1 heteroatoms. The standard InChI is InChI=1S/C12H22O/c1-4-10-6-9(3)7-11(8-10)12(13)5-2/h8-9,11-13H,4-7H2,1-3H3. The molecule has 0 spiro atoms. The van der Waals surface area contributed by atoms with Gasteiger partial charge in [0.2, 0.25) is 0 Å². The Kier molecular flexibility index (Phi) is 3.98. The maximum atomic E-state index is 9.77. The fourth-order valence-electron chi connectivity index (χ4n) is 2.27. The zero-order valence-electron chi connectivity index (χ0n) is 9.09. The lowest BCUT2D eigenvalue weighted by atomic mass is 9.79. The minimum Gasteiger partial charge on any atom is -0.393 e.